The van der Waals surface area contributed by atoms with Gasteiger partial charge in [0.2, 0.25) is 0 Å². The average molecular weight is 343 g/mol. The quantitative estimate of drug-likeness (QED) is 0.772. The summed E-state index contributed by atoms with van der Waals surface area (Å²) in [4.78, 5) is 12.3. The summed E-state index contributed by atoms with van der Waals surface area (Å²) in [5.74, 6) is 0.138. The van der Waals surface area contributed by atoms with Crippen molar-refractivity contribution in [3.63, 3.8) is 0 Å². The molecule has 1 heterocycles. The molecule has 0 unspecified atom stereocenters. The third-order valence-corrected chi connectivity index (χ3v) is 3.60. The monoisotopic (exact) mass is 342 g/mol. The molecule has 24 heavy (non-hydrogen) atoms. The predicted molar refractivity (Wildman–Crippen MR) is 91.5 cm³/mol. The fourth-order valence-corrected chi connectivity index (χ4v) is 2.39. The molecule has 122 valence electrons. The molecule has 0 saturated carbocycles. The zero-order chi connectivity index (χ0) is 16.9. The van der Waals surface area contributed by atoms with Gasteiger partial charge in [0.05, 0.1) is 25.5 Å². The molecule has 0 radical (unpaired) electrons. The summed E-state index contributed by atoms with van der Waals surface area (Å²) in [6, 6.07) is 14.8. The smallest absolute Gasteiger partial charge is 0.277 e. The van der Waals surface area contributed by atoms with Gasteiger partial charge in [-0.1, -0.05) is 47.1 Å². The molecule has 0 aliphatic rings. The summed E-state index contributed by atoms with van der Waals surface area (Å²) >= 11 is 5.96. The fourth-order valence-electron chi connectivity index (χ4n) is 2.21. The number of methoxy groups -OCH3 is 1. The van der Waals surface area contributed by atoms with Gasteiger partial charge >= 0.3 is 0 Å². The van der Waals surface area contributed by atoms with Gasteiger partial charge in [0, 0.05) is 5.02 Å². The maximum absolute atomic E-state index is 12.3. The third-order valence-electron chi connectivity index (χ3n) is 3.37. The fraction of sp³-hybridized carbons (Fsp3) is 0.118. The van der Waals surface area contributed by atoms with E-state index in [9.17, 15) is 4.79 Å². The van der Waals surface area contributed by atoms with Gasteiger partial charge in [-0.05, 0) is 23.8 Å². The first-order chi connectivity index (χ1) is 11.7. The average Bonchev–Trinajstić information content (AvgIpc) is 3.05. The van der Waals surface area contributed by atoms with Crippen LogP contribution in [0.4, 0.5) is 5.69 Å². The highest BCUT2D eigenvalue weighted by Crippen LogP contribution is 2.27. The topological polar surface area (TPSA) is 69.0 Å². The standard InChI is InChI=1S/C17H15ClN4O2/c1-24-16-8-7-13(18)9-14(16)19-17(23)15-11-22(21-20-15)10-12-5-3-2-4-6-12/h2-9,11H,10H2,1H3,(H,19,23). The van der Waals surface area contributed by atoms with E-state index in [2.05, 4.69) is 15.6 Å². The van der Waals surface area contributed by atoms with Crippen LogP contribution in [-0.2, 0) is 6.54 Å². The molecule has 1 amide bonds. The number of rotatable bonds is 5. The highest BCUT2D eigenvalue weighted by Gasteiger charge is 2.14. The van der Waals surface area contributed by atoms with Crippen LogP contribution in [0.25, 0.3) is 0 Å². The normalized spacial score (nSPS) is 10.4. The van der Waals surface area contributed by atoms with Crippen molar-refractivity contribution >= 4 is 23.2 Å². The second-order valence-corrected chi connectivity index (χ2v) is 5.52. The molecule has 1 aromatic heterocycles. The van der Waals surface area contributed by atoms with Crippen LogP contribution < -0.4 is 10.1 Å². The van der Waals surface area contributed by atoms with Gasteiger partial charge in [0.25, 0.3) is 5.91 Å². The lowest BCUT2D eigenvalue weighted by molar-refractivity contribution is 0.102. The second-order valence-electron chi connectivity index (χ2n) is 5.09. The zero-order valence-corrected chi connectivity index (χ0v) is 13.7. The number of benzene rings is 2. The molecule has 7 heteroatoms. The number of nitrogens with zero attached hydrogens (tertiary/aromatic N) is 3. The van der Waals surface area contributed by atoms with Gasteiger partial charge in [0.1, 0.15) is 5.75 Å². The van der Waals surface area contributed by atoms with E-state index in [-0.39, 0.29) is 11.6 Å². The van der Waals surface area contributed by atoms with Gasteiger partial charge in [-0.2, -0.15) is 0 Å². The van der Waals surface area contributed by atoms with E-state index in [0.717, 1.165) is 5.56 Å². The van der Waals surface area contributed by atoms with E-state index in [0.29, 0.717) is 23.0 Å². The van der Waals surface area contributed by atoms with Crippen molar-refractivity contribution in [2.24, 2.45) is 0 Å². The molecule has 0 aliphatic heterocycles. The number of hydrogen-bond acceptors (Lipinski definition) is 4. The van der Waals surface area contributed by atoms with E-state index in [1.54, 1.807) is 29.1 Å². The molecule has 2 aromatic carbocycles. The minimum Gasteiger partial charge on any atom is -0.495 e. The van der Waals surface area contributed by atoms with Crippen LogP contribution in [0.1, 0.15) is 16.1 Å². The molecule has 0 fully saturated rings. The molecule has 0 saturated heterocycles. The molecule has 3 aromatic rings. The first kappa shape index (κ1) is 16.0. The maximum Gasteiger partial charge on any atom is 0.277 e. The number of anilines is 1. The summed E-state index contributed by atoms with van der Waals surface area (Å²) < 4.78 is 6.82. The van der Waals surface area contributed by atoms with Gasteiger partial charge in [-0.3, -0.25) is 4.79 Å². The van der Waals surface area contributed by atoms with Crippen LogP contribution >= 0.6 is 11.6 Å². The molecule has 0 spiro atoms. The Balaban J connectivity index is 1.73. The number of amides is 1. The number of carbonyl (C=O) groups is 1. The minimum absolute atomic E-state index is 0.216. The van der Waals surface area contributed by atoms with E-state index in [1.807, 2.05) is 30.3 Å². The number of carbonyl (C=O) groups excluding carboxylic acids is 1. The summed E-state index contributed by atoms with van der Waals surface area (Å²) in [5, 5.41) is 11.1. The van der Waals surface area contributed by atoms with Crippen LogP contribution in [0.2, 0.25) is 5.02 Å². The van der Waals surface area contributed by atoms with Crippen molar-refractivity contribution in [1.29, 1.82) is 0 Å². The Labute approximate surface area is 144 Å². The molecule has 0 bridgehead atoms. The first-order valence-electron chi connectivity index (χ1n) is 7.24. The lowest BCUT2D eigenvalue weighted by Gasteiger charge is -2.09. The van der Waals surface area contributed by atoms with E-state index < -0.39 is 0 Å². The van der Waals surface area contributed by atoms with Gasteiger partial charge in [-0.25, -0.2) is 4.68 Å². The Kier molecular flexibility index (Phi) is 4.77. The van der Waals surface area contributed by atoms with Crippen molar-refractivity contribution in [1.82, 2.24) is 15.0 Å². The molecular formula is C17H15ClN4O2. The Morgan fingerprint density at radius 2 is 2.04 bits per heavy atom. The molecule has 3 rings (SSSR count). The molecule has 0 aliphatic carbocycles. The first-order valence-corrected chi connectivity index (χ1v) is 7.62. The van der Waals surface area contributed by atoms with Crippen LogP contribution in [0.3, 0.4) is 0 Å². The SMILES string of the molecule is COc1ccc(Cl)cc1NC(=O)c1cn(Cc2ccccc2)nn1. The minimum atomic E-state index is -0.380. The van der Waals surface area contributed by atoms with E-state index >= 15 is 0 Å². The van der Waals surface area contributed by atoms with Crippen LogP contribution in [-0.4, -0.2) is 28.0 Å². The Hall–Kier alpha value is -2.86. The Morgan fingerprint density at radius 3 is 2.79 bits per heavy atom. The van der Waals surface area contributed by atoms with Gasteiger partial charge in [0.15, 0.2) is 5.69 Å². The number of halogens is 1. The van der Waals surface area contributed by atoms with Crippen molar-refractivity contribution in [3.8, 4) is 5.75 Å². The number of nitrogens with one attached hydrogen (secondary N) is 1. The van der Waals surface area contributed by atoms with Crippen molar-refractivity contribution in [2.45, 2.75) is 6.54 Å². The van der Waals surface area contributed by atoms with Gasteiger partial charge < -0.3 is 10.1 Å². The number of aromatic nitrogens is 3. The zero-order valence-electron chi connectivity index (χ0n) is 12.9. The largest absolute Gasteiger partial charge is 0.495 e. The highest BCUT2D eigenvalue weighted by atomic mass is 35.5. The predicted octanol–water partition coefficient (Wildman–Crippen LogP) is 3.24. The van der Waals surface area contributed by atoms with E-state index in [1.165, 1.54) is 7.11 Å². The highest BCUT2D eigenvalue weighted by molar-refractivity contribution is 6.31. The third kappa shape index (κ3) is 3.72. The second kappa shape index (κ2) is 7.14. The lowest BCUT2D eigenvalue weighted by Crippen LogP contribution is -2.13. The molecule has 1 N–H and O–H groups in total. The molecule has 0 atom stereocenters. The molecule has 6 nitrogen and oxygen atoms in total. The maximum atomic E-state index is 12.3. The van der Waals surface area contributed by atoms with Crippen LogP contribution in [0.5, 0.6) is 5.75 Å². The Bertz CT molecular complexity index is 849. The summed E-state index contributed by atoms with van der Waals surface area (Å²) in [6.07, 6.45) is 1.60. The summed E-state index contributed by atoms with van der Waals surface area (Å²) in [5.41, 5.74) is 1.77. The summed E-state index contributed by atoms with van der Waals surface area (Å²) in [6.45, 7) is 0.543. The summed E-state index contributed by atoms with van der Waals surface area (Å²) in [7, 11) is 1.52. The van der Waals surface area contributed by atoms with Gasteiger partial charge in [-0.15, -0.1) is 5.10 Å². The molecular weight excluding hydrogens is 328 g/mol. The van der Waals surface area contributed by atoms with Crippen molar-refractivity contribution in [3.05, 3.63) is 71.0 Å². The number of hydrogen-bond donors (Lipinski definition) is 1. The lowest BCUT2D eigenvalue weighted by atomic mass is 10.2. The Morgan fingerprint density at radius 1 is 1.25 bits per heavy atom. The number of ether oxygens (including phenoxy) is 1. The van der Waals surface area contributed by atoms with Crippen molar-refractivity contribution in [2.75, 3.05) is 12.4 Å². The van der Waals surface area contributed by atoms with Crippen molar-refractivity contribution < 1.29 is 9.53 Å². The van der Waals surface area contributed by atoms with Crippen LogP contribution in [0.15, 0.2) is 54.7 Å². The van der Waals surface area contributed by atoms with E-state index in [4.69, 9.17) is 16.3 Å². The van der Waals surface area contributed by atoms with Crippen LogP contribution in [0, 0.1) is 0 Å².